The third-order valence-electron chi connectivity index (χ3n) is 2.13. The van der Waals surface area contributed by atoms with Crippen LogP contribution in [-0.4, -0.2) is 20.5 Å². The van der Waals surface area contributed by atoms with Crippen molar-refractivity contribution in [2.45, 2.75) is 13.1 Å². The number of imidazole rings is 1. The molecule has 0 spiro atoms. The summed E-state index contributed by atoms with van der Waals surface area (Å²) in [5, 5.41) is 3.29. The summed E-state index contributed by atoms with van der Waals surface area (Å²) in [6, 6.07) is 0. The molecule has 0 aliphatic carbocycles. The quantitative estimate of drug-likeness (QED) is 0.645. The molecule has 1 aliphatic heterocycles. The topological polar surface area (TPSA) is 42.7 Å². The predicted molar refractivity (Wildman–Crippen MR) is 47.1 cm³/mol. The molecule has 0 amide bonds. The molecule has 2 aromatic heterocycles. The second-order valence-electron chi connectivity index (χ2n) is 2.87. The monoisotopic (exact) mass is 180 g/mol. The average Bonchev–Trinajstić information content (AvgIpc) is 2.62. The maximum atomic E-state index is 4.46. The Balaban J connectivity index is 2.34. The lowest BCUT2D eigenvalue weighted by Gasteiger charge is -2.14. The zero-order valence-electron chi connectivity index (χ0n) is 6.45. The Bertz CT molecular complexity index is 416. The molecular formula is C7H8N4S. The molecule has 2 aromatic rings. The second-order valence-corrected chi connectivity index (χ2v) is 3.65. The van der Waals surface area contributed by atoms with Gasteiger partial charge in [0.15, 0.2) is 0 Å². The minimum atomic E-state index is 0.890. The van der Waals surface area contributed by atoms with E-state index < -0.39 is 0 Å². The van der Waals surface area contributed by atoms with Gasteiger partial charge in [0.05, 0.1) is 12.7 Å². The molecule has 0 aromatic carbocycles. The maximum absolute atomic E-state index is 4.46. The summed E-state index contributed by atoms with van der Waals surface area (Å²) in [6.45, 7) is 2.95. The highest BCUT2D eigenvalue weighted by Crippen LogP contribution is 2.20. The largest absolute Gasteiger partial charge is 0.316 e. The van der Waals surface area contributed by atoms with E-state index in [9.17, 15) is 0 Å². The first kappa shape index (κ1) is 6.56. The van der Waals surface area contributed by atoms with Crippen molar-refractivity contribution in [1.82, 2.24) is 19.2 Å². The molecule has 0 unspecified atom stereocenters. The van der Waals surface area contributed by atoms with Gasteiger partial charge in [0.25, 0.3) is 0 Å². The summed E-state index contributed by atoms with van der Waals surface area (Å²) in [4.78, 5) is 5.68. The number of fused-ring (bicyclic) bond motifs is 3. The van der Waals surface area contributed by atoms with Crippen LogP contribution in [0.1, 0.15) is 5.82 Å². The Labute approximate surface area is 73.4 Å². The Morgan fingerprint density at radius 2 is 2.58 bits per heavy atom. The number of hydrogen-bond donors (Lipinski definition) is 1. The number of nitrogens with zero attached hydrogens (tertiary/aromatic N) is 3. The van der Waals surface area contributed by atoms with Gasteiger partial charge in [-0.15, -0.1) is 0 Å². The fourth-order valence-corrected chi connectivity index (χ4v) is 2.31. The molecule has 3 heterocycles. The van der Waals surface area contributed by atoms with Gasteiger partial charge in [-0.3, -0.25) is 0 Å². The van der Waals surface area contributed by atoms with Gasteiger partial charge < -0.3 is 9.88 Å². The number of hydrogen-bond acceptors (Lipinski definition) is 4. The standard InChI is InChI=1S/C7H8N4S/c1-2-11-6(4-8-1)10-5-3-9-12-7(5)11/h3,8H,1-2,4H2. The first-order valence-corrected chi connectivity index (χ1v) is 4.73. The van der Waals surface area contributed by atoms with E-state index in [0.717, 1.165) is 31.0 Å². The van der Waals surface area contributed by atoms with Crippen molar-refractivity contribution in [3.63, 3.8) is 0 Å². The molecule has 5 heteroatoms. The van der Waals surface area contributed by atoms with E-state index >= 15 is 0 Å². The van der Waals surface area contributed by atoms with Crippen LogP contribution < -0.4 is 5.32 Å². The first-order valence-electron chi connectivity index (χ1n) is 3.95. The molecule has 1 aliphatic rings. The first-order chi connectivity index (χ1) is 5.95. The van der Waals surface area contributed by atoms with Crippen molar-refractivity contribution >= 4 is 21.9 Å². The molecular weight excluding hydrogens is 172 g/mol. The Kier molecular flexibility index (Phi) is 1.24. The van der Waals surface area contributed by atoms with Crippen molar-refractivity contribution in [3.05, 3.63) is 12.0 Å². The molecule has 0 radical (unpaired) electrons. The smallest absolute Gasteiger partial charge is 0.143 e. The van der Waals surface area contributed by atoms with Gasteiger partial charge in [-0.2, -0.15) is 4.37 Å². The summed E-state index contributed by atoms with van der Waals surface area (Å²) < 4.78 is 6.36. The molecule has 62 valence electrons. The van der Waals surface area contributed by atoms with Crippen molar-refractivity contribution < 1.29 is 0 Å². The summed E-state index contributed by atoms with van der Waals surface area (Å²) in [5.41, 5.74) is 1.04. The van der Waals surface area contributed by atoms with Gasteiger partial charge in [0.2, 0.25) is 0 Å². The van der Waals surface area contributed by atoms with Gasteiger partial charge in [0.1, 0.15) is 16.2 Å². The molecule has 12 heavy (non-hydrogen) atoms. The van der Waals surface area contributed by atoms with Gasteiger partial charge >= 0.3 is 0 Å². The Hall–Kier alpha value is -0.940. The highest BCUT2D eigenvalue weighted by Gasteiger charge is 2.14. The lowest BCUT2D eigenvalue weighted by Crippen LogP contribution is -2.27. The van der Waals surface area contributed by atoms with E-state index in [1.807, 2.05) is 6.20 Å². The molecule has 0 atom stereocenters. The molecule has 3 rings (SSSR count). The zero-order chi connectivity index (χ0) is 7.97. The van der Waals surface area contributed by atoms with Crippen LogP contribution in [0.25, 0.3) is 10.3 Å². The third-order valence-corrected chi connectivity index (χ3v) is 2.95. The van der Waals surface area contributed by atoms with E-state index in [-0.39, 0.29) is 0 Å². The van der Waals surface area contributed by atoms with Crippen LogP contribution in [0, 0.1) is 0 Å². The van der Waals surface area contributed by atoms with E-state index in [1.54, 1.807) is 0 Å². The predicted octanol–water partition coefficient (Wildman–Crippen LogP) is 0.596. The van der Waals surface area contributed by atoms with Crippen LogP contribution in [0.2, 0.25) is 0 Å². The number of rotatable bonds is 0. The van der Waals surface area contributed by atoms with Gasteiger partial charge in [0, 0.05) is 13.1 Å². The lowest BCUT2D eigenvalue weighted by atomic mass is 10.4. The third kappa shape index (κ3) is 0.748. The molecule has 1 N–H and O–H groups in total. The fourth-order valence-electron chi connectivity index (χ4n) is 1.57. The van der Waals surface area contributed by atoms with Crippen LogP contribution in [0.4, 0.5) is 0 Å². The molecule has 0 saturated heterocycles. The van der Waals surface area contributed by atoms with E-state index in [4.69, 9.17) is 0 Å². The lowest BCUT2D eigenvalue weighted by molar-refractivity contribution is 0.516. The van der Waals surface area contributed by atoms with Crippen molar-refractivity contribution in [2.75, 3.05) is 6.54 Å². The van der Waals surface area contributed by atoms with Gasteiger partial charge in [-0.05, 0) is 11.5 Å². The van der Waals surface area contributed by atoms with E-state index in [0.29, 0.717) is 0 Å². The summed E-state index contributed by atoms with van der Waals surface area (Å²) in [7, 11) is 0. The van der Waals surface area contributed by atoms with Crippen LogP contribution in [-0.2, 0) is 13.1 Å². The van der Waals surface area contributed by atoms with Crippen molar-refractivity contribution in [3.8, 4) is 0 Å². The summed E-state index contributed by atoms with van der Waals surface area (Å²) in [5.74, 6) is 1.14. The van der Waals surface area contributed by atoms with Crippen LogP contribution in [0.5, 0.6) is 0 Å². The molecule has 0 bridgehead atoms. The van der Waals surface area contributed by atoms with E-state index in [1.165, 1.54) is 16.4 Å². The maximum Gasteiger partial charge on any atom is 0.143 e. The summed E-state index contributed by atoms with van der Waals surface area (Å²) in [6.07, 6.45) is 1.84. The molecule has 0 saturated carbocycles. The molecule has 0 fully saturated rings. The van der Waals surface area contributed by atoms with Gasteiger partial charge in [-0.1, -0.05) is 0 Å². The highest BCUT2D eigenvalue weighted by molar-refractivity contribution is 7.12. The minimum Gasteiger partial charge on any atom is -0.316 e. The van der Waals surface area contributed by atoms with Gasteiger partial charge in [-0.25, -0.2) is 4.98 Å². The Morgan fingerprint density at radius 1 is 1.58 bits per heavy atom. The number of aromatic nitrogens is 3. The zero-order valence-corrected chi connectivity index (χ0v) is 7.27. The fraction of sp³-hybridized carbons (Fsp3) is 0.429. The normalized spacial score (nSPS) is 16.7. The Morgan fingerprint density at radius 3 is 3.58 bits per heavy atom. The SMILES string of the molecule is c1nsc2c1nc1n2CCNC1. The van der Waals surface area contributed by atoms with Crippen LogP contribution >= 0.6 is 11.5 Å². The number of nitrogens with one attached hydrogen (secondary N) is 1. The highest BCUT2D eigenvalue weighted by atomic mass is 32.1. The summed E-state index contributed by atoms with van der Waals surface area (Å²) >= 11 is 1.53. The average molecular weight is 180 g/mol. The van der Waals surface area contributed by atoms with E-state index in [2.05, 4.69) is 19.2 Å². The van der Waals surface area contributed by atoms with Crippen molar-refractivity contribution in [2.24, 2.45) is 0 Å². The minimum absolute atomic E-state index is 0.890. The molecule has 4 nitrogen and oxygen atoms in total. The second kappa shape index (κ2) is 2.27. The van der Waals surface area contributed by atoms with Crippen LogP contribution in [0.15, 0.2) is 6.20 Å². The van der Waals surface area contributed by atoms with Crippen LogP contribution in [0.3, 0.4) is 0 Å². The van der Waals surface area contributed by atoms with Crippen molar-refractivity contribution in [1.29, 1.82) is 0 Å².